The van der Waals surface area contributed by atoms with Crippen LogP contribution in [0.25, 0.3) is 0 Å². The van der Waals surface area contributed by atoms with Crippen molar-refractivity contribution < 1.29 is 13.2 Å². The van der Waals surface area contributed by atoms with Crippen molar-refractivity contribution in [1.82, 2.24) is 0 Å². The number of benzene rings is 2. The molecule has 1 saturated carbocycles. The summed E-state index contributed by atoms with van der Waals surface area (Å²) in [4.78, 5) is 11.0. The number of hydrogen-bond donors (Lipinski definition) is 3. The maximum absolute atomic E-state index is 12.6. The molecule has 2 amide bonds. The summed E-state index contributed by atoms with van der Waals surface area (Å²) in [5.74, 6) is 0.541. The zero-order valence-corrected chi connectivity index (χ0v) is 15.3. The number of anilines is 2. The van der Waals surface area contributed by atoms with Crippen LogP contribution in [0, 0.1) is 0 Å². The van der Waals surface area contributed by atoms with Crippen LogP contribution >= 0.6 is 0 Å². The number of carbonyl (C=O) groups excluding carboxylic acids is 1. The normalized spacial score (nSPS) is 15.4. The van der Waals surface area contributed by atoms with Gasteiger partial charge in [0.05, 0.1) is 4.90 Å². The standard InChI is InChI=1S/C19H23N3O3S/c20-19(23)21-16-8-10-17(11-9-16)22-26(24,25)18-12-6-15(7-13-18)14-4-2-1-3-5-14/h6-14,22H,1-5H2,(H3,20,21,23). The average Bonchev–Trinajstić information content (AvgIpc) is 2.64. The molecule has 1 aliphatic rings. The Balaban J connectivity index is 1.70. The molecule has 0 aromatic heterocycles. The molecule has 4 N–H and O–H groups in total. The highest BCUT2D eigenvalue weighted by molar-refractivity contribution is 7.92. The molecule has 2 aromatic carbocycles. The van der Waals surface area contributed by atoms with Crippen molar-refractivity contribution in [3.05, 3.63) is 54.1 Å². The van der Waals surface area contributed by atoms with E-state index in [0.29, 0.717) is 17.3 Å². The van der Waals surface area contributed by atoms with E-state index < -0.39 is 16.1 Å². The molecule has 0 aliphatic heterocycles. The summed E-state index contributed by atoms with van der Waals surface area (Å²) in [7, 11) is -3.66. The molecule has 0 atom stereocenters. The Hall–Kier alpha value is -2.54. The molecule has 138 valence electrons. The molecule has 1 fully saturated rings. The van der Waals surface area contributed by atoms with Crippen molar-refractivity contribution in [2.24, 2.45) is 5.73 Å². The molecule has 6 nitrogen and oxygen atoms in total. The summed E-state index contributed by atoms with van der Waals surface area (Å²) in [6.45, 7) is 0. The summed E-state index contributed by atoms with van der Waals surface area (Å²) in [6.07, 6.45) is 6.13. The first-order chi connectivity index (χ1) is 12.4. The van der Waals surface area contributed by atoms with Gasteiger partial charge in [-0.05, 0) is 60.7 Å². The molecule has 0 heterocycles. The molecular weight excluding hydrogens is 350 g/mol. The number of hydrogen-bond acceptors (Lipinski definition) is 3. The van der Waals surface area contributed by atoms with Gasteiger partial charge in [0.15, 0.2) is 0 Å². The first kappa shape index (κ1) is 18.3. The van der Waals surface area contributed by atoms with E-state index in [2.05, 4.69) is 10.0 Å². The number of amides is 2. The number of rotatable bonds is 5. The van der Waals surface area contributed by atoms with Crippen LogP contribution in [0.15, 0.2) is 53.4 Å². The minimum atomic E-state index is -3.66. The van der Waals surface area contributed by atoms with Crippen LogP contribution in [0.1, 0.15) is 43.6 Å². The van der Waals surface area contributed by atoms with Crippen molar-refractivity contribution in [1.29, 1.82) is 0 Å². The highest BCUT2D eigenvalue weighted by Gasteiger charge is 2.18. The minimum absolute atomic E-state index is 0.233. The zero-order chi connectivity index (χ0) is 18.6. The lowest BCUT2D eigenvalue weighted by atomic mass is 9.84. The quantitative estimate of drug-likeness (QED) is 0.737. The Morgan fingerprint density at radius 2 is 1.46 bits per heavy atom. The van der Waals surface area contributed by atoms with E-state index in [1.807, 2.05) is 12.1 Å². The summed E-state index contributed by atoms with van der Waals surface area (Å²) < 4.78 is 27.6. The monoisotopic (exact) mass is 373 g/mol. The smallest absolute Gasteiger partial charge is 0.316 e. The SMILES string of the molecule is NC(=O)Nc1ccc(NS(=O)(=O)c2ccc(C3CCCCC3)cc2)cc1. The molecule has 0 saturated heterocycles. The highest BCUT2D eigenvalue weighted by Crippen LogP contribution is 2.33. The molecule has 2 aromatic rings. The van der Waals surface area contributed by atoms with Gasteiger partial charge in [0.2, 0.25) is 0 Å². The van der Waals surface area contributed by atoms with Crippen molar-refractivity contribution in [2.45, 2.75) is 42.9 Å². The van der Waals surface area contributed by atoms with E-state index >= 15 is 0 Å². The van der Waals surface area contributed by atoms with E-state index in [0.717, 1.165) is 0 Å². The zero-order valence-electron chi connectivity index (χ0n) is 14.4. The largest absolute Gasteiger partial charge is 0.351 e. The summed E-state index contributed by atoms with van der Waals surface area (Å²) >= 11 is 0. The maximum atomic E-state index is 12.6. The van der Waals surface area contributed by atoms with Gasteiger partial charge in [0.1, 0.15) is 0 Å². The number of urea groups is 1. The van der Waals surface area contributed by atoms with E-state index in [1.54, 1.807) is 36.4 Å². The van der Waals surface area contributed by atoms with Crippen LogP contribution in [-0.4, -0.2) is 14.4 Å². The number of carbonyl (C=O) groups is 1. The Bertz CT molecular complexity index is 856. The summed E-state index contributed by atoms with van der Waals surface area (Å²) in [5, 5.41) is 2.43. The third-order valence-corrected chi connectivity index (χ3v) is 6.07. The van der Waals surface area contributed by atoms with E-state index in [4.69, 9.17) is 5.73 Å². The molecule has 3 rings (SSSR count). The third-order valence-electron chi connectivity index (χ3n) is 4.67. The van der Waals surface area contributed by atoms with E-state index in [-0.39, 0.29) is 4.90 Å². The summed E-state index contributed by atoms with van der Waals surface area (Å²) in [5.41, 5.74) is 7.17. The minimum Gasteiger partial charge on any atom is -0.351 e. The predicted octanol–water partition coefficient (Wildman–Crippen LogP) is 4.03. The number of sulfonamides is 1. The Kier molecular flexibility index (Phi) is 5.46. The van der Waals surface area contributed by atoms with Gasteiger partial charge in [-0.1, -0.05) is 31.4 Å². The van der Waals surface area contributed by atoms with Gasteiger partial charge >= 0.3 is 6.03 Å². The van der Waals surface area contributed by atoms with Gasteiger partial charge in [-0.2, -0.15) is 0 Å². The lowest BCUT2D eigenvalue weighted by Crippen LogP contribution is -2.19. The Morgan fingerprint density at radius 3 is 2.04 bits per heavy atom. The molecule has 0 unspecified atom stereocenters. The second kappa shape index (κ2) is 7.78. The van der Waals surface area contributed by atoms with Crippen LogP contribution in [-0.2, 0) is 10.0 Å². The lowest BCUT2D eigenvalue weighted by molar-refractivity contribution is 0.259. The van der Waals surface area contributed by atoms with Crippen molar-refractivity contribution in [2.75, 3.05) is 10.0 Å². The lowest BCUT2D eigenvalue weighted by Gasteiger charge is -2.22. The third kappa shape index (κ3) is 4.54. The van der Waals surface area contributed by atoms with Gasteiger partial charge < -0.3 is 11.1 Å². The van der Waals surface area contributed by atoms with Gasteiger partial charge in [-0.25, -0.2) is 13.2 Å². The van der Waals surface area contributed by atoms with Crippen LogP contribution in [0.2, 0.25) is 0 Å². The molecule has 0 spiro atoms. The van der Waals surface area contributed by atoms with E-state index in [9.17, 15) is 13.2 Å². The fraction of sp³-hybridized carbons (Fsp3) is 0.316. The van der Waals surface area contributed by atoms with Crippen molar-refractivity contribution >= 4 is 27.4 Å². The first-order valence-corrected chi connectivity index (χ1v) is 10.2. The highest BCUT2D eigenvalue weighted by atomic mass is 32.2. The molecule has 0 bridgehead atoms. The maximum Gasteiger partial charge on any atom is 0.316 e. The molecule has 0 radical (unpaired) electrons. The predicted molar refractivity (Wildman–Crippen MR) is 103 cm³/mol. The number of nitrogens with one attached hydrogen (secondary N) is 2. The fourth-order valence-corrected chi connectivity index (χ4v) is 4.39. The second-order valence-corrected chi connectivity index (χ2v) is 8.26. The molecule has 7 heteroatoms. The topological polar surface area (TPSA) is 101 Å². The van der Waals surface area contributed by atoms with Crippen LogP contribution in [0.4, 0.5) is 16.2 Å². The Labute approximate surface area is 153 Å². The van der Waals surface area contributed by atoms with Gasteiger partial charge in [0, 0.05) is 11.4 Å². The number of nitrogens with two attached hydrogens (primary N) is 1. The van der Waals surface area contributed by atoms with Crippen LogP contribution < -0.4 is 15.8 Å². The number of primary amides is 1. The van der Waals surface area contributed by atoms with Gasteiger partial charge in [-0.15, -0.1) is 0 Å². The van der Waals surface area contributed by atoms with Crippen LogP contribution in [0.3, 0.4) is 0 Å². The Morgan fingerprint density at radius 1 is 0.885 bits per heavy atom. The van der Waals surface area contributed by atoms with Crippen LogP contribution in [0.5, 0.6) is 0 Å². The summed E-state index contributed by atoms with van der Waals surface area (Å²) in [6, 6.07) is 12.8. The van der Waals surface area contributed by atoms with Crippen molar-refractivity contribution in [3.8, 4) is 0 Å². The van der Waals surface area contributed by atoms with Crippen molar-refractivity contribution in [3.63, 3.8) is 0 Å². The van der Waals surface area contributed by atoms with Gasteiger partial charge in [0.25, 0.3) is 10.0 Å². The second-order valence-electron chi connectivity index (χ2n) is 6.58. The average molecular weight is 373 g/mol. The fourth-order valence-electron chi connectivity index (χ4n) is 3.33. The van der Waals surface area contributed by atoms with Gasteiger partial charge in [-0.3, -0.25) is 4.72 Å². The van der Waals surface area contributed by atoms with E-state index in [1.165, 1.54) is 37.7 Å². The molecule has 26 heavy (non-hydrogen) atoms. The molecular formula is C19H23N3O3S. The molecule has 1 aliphatic carbocycles. The first-order valence-electron chi connectivity index (χ1n) is 8.73.